The Balaban J connectivity index is 1.37. The van der Waals surface area contributed by atoms with E-state index >= 15 is 0 Å². The average molecular weight is 359 g/mol. The van der Waals surface area contributed by atoms with Gasteiger partial charge in [0.2, 0.25) is 5.91 Å². The second kappa shape index (κ2) is 8.45. The number of nitrogens with one attached hydrogen (secondary N) is 1. The Bertz CT molecular complexity index is 690. The van der Waals surface area contributed by atoms with Crippen molar-refractivity contribution in [3.05, 3.63) is 45.9 Å². The second-order valence-electron chi connectivity index (χ2n) is 6.69. The SMILES string of the molecule is Cc1nc(CN2CCC(C(=O)NCCc3ccc(N)cc3)CC2)cs1. The Morgan fingerprint density at radius 1 is 1.32 bits per heavy atom. The average Bonchev–Trinajstić information content (AvgIpc) is 3.02. The quantitative estimate of drug-likeness (QED) is 0.779. The molecule has 3 rings (SSSR count). The number of hydrogen-bond donors (Lipinski definition) is 2. The van der Waals surface area contributed by atoms with Crippen LogP contribution in [0.25, 0.3) is 0 Å². The van der Waals surface area contributed by atoms with Crippen molar-refractivity contribution >= 4 is 22.9 Å². The number of carbonyl (C=O) groups excluding carboxylic acids is 1. The molecule has 0 aliphatic carbocycles. The number of anilines is 1. The van der Waals surface area contributed by atoms with E-state index in [0.717, 1.165) is 55.3 Å². The van der Waals surface area contributed by atoms with E-state index < -0.39 is 0 Å². The van der Waals surface area contributed by atoms with Crippen molar-refractivity contribution < 1.29 is 4.79 Å². The van der Waals surface area contributed by atoms with E-state index in [9.17, 15) is 4.79 Å². The van der Waals surface area contributed by atoms with Gasteiger partial charge in [0, 0.05) is 30.1 Å². The summed E-state index contributed by atoms with van der Waals surface area (Å²) in [6.45, 7) is 5.55. The lowest BCUT2D eigenvalue weighted by Gasteiger charge is -2.30. The van der Waals surface area contributed by atoms with Gasteiger partial charge < -0.3 is 11.1 Å². The third kappa shape index (κ3) is 5.28. The molecule has 0 spiro atoms. The van der Waals surface area contributed by atoms with Crippen molar-refractivity contribution in [2.24, 2.45) is 5.92 Å². The van der Waals surface area contributed by atoms with Crippen molar-refractivity contribution in [3.8, 4) is 0 Å². The van der Waals surface area contributed by atoms with Gasteiger partial charge in [0.15, 0.2) is 0 Å². The molecule has 5 nitrogen and oxygen atoms in total. The van der Waals surface area contributed by atoms with Crippen molar-refractivity contribution in [3.63, 3.8) is 0 Å². The highest BCUT2D eigenvalue weighted by molar-refractivity contribution is 7.09. The van der Waals surface area contributed by atoms with Crippen LogP contribution in [0.15, 0.2) is 29.6 Å². The minimum absolute atomic E-state index is 0.139. The summed E-state index contributed by atoms with van der Waals surface area (Å²) in [5.74, 6) is 0.333. The molecule has 0 radical (unpaired) electrons. The highest BCUT2D eigenvalue weighted by atomic mass is 32.1. The Morgan fingerprint density at radius 3 is 2.68 bits per heavy atom. The Labute approximate surface area is 153 Å². The van der Waals surface area contributed by atoms with Crippen LogP contribution in [0.4, 0.5) is 5.69 Å². The first-order valence-corrected chi connectivity index (χ1v) is 9.73. The van der Waals surface area contributed by atoms with Crippen LogP contribution in [-0.4, -0.2) is 35.4 Å². The topological polar surface area (TPSA) is 71.2 Å². The number of thiazole rings is 1. The van der Waals surface area contributed by atoms with Crippen molar-refractivity contribution in [2.75, 3.05) is 25.4 Å². The number of rotatable bonds is 6. The van der Waals surface area contributed by atoms with E-state index in [1.165, 1.54) is 5.56 Å². The number of carbonyl (C=O) groups is 1. The molecule has 0 bridgehead atoms. The van der Waals surface area contributed by atoms with E-state index in [2.05, 4.69) is 20.6 Å². The molecule has 1 aromatic carbocycles. The molecule has 0 saturated carbocycles. The summed E-state index contributed by atoms with van der Waals surface area (Å²) in [7, 11) is 0. The minimum Gasteiger partial charge on any atom is -0.399 e. The zero-order chi connectivity index (χ0) is 17.6. The summed E-state index contributed by atoms with van der Waals surface area (Å²) in [4.78, 5) is 19.3. The Kier molecular flexibility index (Phi) is 6.04. The lowest BCUT2D eigenvalue weighted by molar-refractivity contribution is -0.126. The molecule has 6 heteroatoms. The van der Waals surface area contributed by atoms with Gasteiger partial charge >= 0.3 is 0 Å². The van der Waals surface area contributed by atoms with E-state index in [-0.39, 0.29) is 11.8 Å². The van der Waals surface area contributed by atoms with E-state index in [4.69, 9.17) is 5.73 Å². The van der Waals surface area contributed by atoms with Crippen molar-refractivity contribution in [1.29, 1.82) is 0 Å². The van der Waals surface area contributed by atoms with Gasteiger partial charge in [-0.25, -0.2) is 4.98 Å². The summed E-state index contributed by atoms with van der Waals surface area (Å²) < 4.78 is 0. The molecule has 25 heavy (non-hydrogen) atoms. The van der Waals surface area contributed by atoms with Gasteiger partial charge in [-0.3, -0.25) is 9.69 Å². The smallest absolute Gasteiger partial charge is 0.223 e. The fraction of sp³-hybridized carbons (Fsp3) is 0.474. The number of nitrogens with zero attached hydrogens (tertiary/aromatic N) is 2. The number of aromatic nitrogens is 1. The molecule has 1 aliphatic heterocycles. The number of nitrogens with two attached hydrogens (primary N) is 1. The number of nitrogen functional groups attached to an aromatic ring is 1. The maximum atomic E-state index is 12.4. The van der Waals surface area contributed by atoms with Crippen LogP contribution in [0.5, 0.6) is 0 Å². The predicted molar refractivity (Wildman–Crippen MR) is 102 cm³/mol. The van der Waals surface area contributed by atoms with Crippen LogP contribution in [0.2, 0.25) is 0 Å². The summed E-state index contributed by atoms with van der Waals surface area (Å²) in [6, 6.07) is 7.83. The lowest BCUT2D eigenvalue weighted by Crippen LogP contribution is -2.40. The fourth-order valence-electron chi connectivity index (χ4n) is 3.22. The van der Waals surface area contributed by atoms with Crippen molar-refractivity contribution in [1.82, 2.24) is 15.2 Å². The first-order chi connectivity index (χ1) is 12.1. The van der Waals surface area contributed by atoms with Gasteiger partial charge in [-0.2, -0.15) is 0 Å². The van der Waals surface area contributed by atoms with Gasteiger partial charge in [-0.15, -0.1) is 11.3 Å². The molecule has 1 fully saturated rings. The molecule has 3 N–H and O–H groups in total. The summed E-state index contributed by atoms with van der Waals surface area (Å²) in [5.41, 5.74) is 8.80. The zero-order valence-corrected chi connectivity index (χ0v) is 15.5. The van der Waals surface area contributed by atoms with Crippen LogP contribution in [0.1, 0.15) is 29.1 Å². The number of likely N-dealkylation sites (tertiary alicyclic amines) is 1. The van der Waals surface area contributed by atoms with Crippen molar-refractivity contribution in [2.45, 2.75) is 32.7 Å². The van der Waals surface area contributed by atoms with Crippen LogP contribution in [0, 0.1) is 12.8 Å². The van der Waals surface area contributed by atoms with Gasteiger partial charge in [0.1, 0.15) is 0 Å². The molecular formula is C19H26N4OS. The maximum Gasteiger partial charge on any atom is 0.223 e. The molecule has 1 saturated heterocycles. The van der Waals surface area contributed by atoms with E-state index in [1.54, 1.807) is 11.3 Å². The van der Waals surface area contributed by atoms with Crippen LogP contribution >= 0.6 is 11.3 Å². The van der Waals surface area contributed by atoms with Gasteiger partial charge in [-0.1, -0.05) is 12.1 Å². The number of piperidine rings is 1. The summed E-state index contributed by atoms with van der Waals surface area (Å²) in [6.07, 6.45) is 2.70. The standard InChI is InChI=1S/C19H26N4OS/c1-14-22-18(13-25-14)12-23-10-7-16(8-11-23)19(24)21-9-6-15-2-4-17(20)5-3-15/h2-5,13,16H,6-12,20H2,1H3,(H,21,24). The number of benzene rings is 1. The van der Waals surface area contributed by atoms with Crippen LogP contribution < -0.4 is 11.1 Å². The predicted octanol–water partition coefficient (Wildman–Crippen LogP) is 2.60. The third-order valence-corrected chi connectivity index (χ3v) is 5.53. The number of aryl methyl sites for hydroxylation is 1. The fourth-order valence-corrected chi connectivity index (χ4v) is 3.83. The summed E-state index contributed by atoms with van der Waals surface area (Å²) >= 11 is 1.70. The van der Waals surface area contributed by atoms with Gasteiger partial charge in [0.05, 0.1) is 10.7 Å². The van der Waals surface area contributed by atoms with Crippen LogP contribution in [0.3, 0.4) is 0 Å². The zero-order valence-electron chi connectivity index (χ0n) is 14.7. The van der Waals surface area contributed by atoms with E-state index in [1.807, 2.05) is 31.2 Å². The Morgan fingerprint density at radius 2 is 2.04 bits per heavy atom. The van der Waals surface area contributed by atoms with Crippen LogP contribution in [-0.2, 0) is 17.8 Å². The molecule has 2 heterocycles. The molecular weight excluding hydrogens is 332 g/mol. The first kappa shape index (κ1) is 17.9. The highest BCUT2D eigenvalue weighted by Gasteiger charge is 2.24. The lowest BCUT2D eigenvalue weighted by atomic mass is 9.95. The molecule has 1 aliphatic rings. The molecule has 134 valence electrons. The molecule has 0 unspecified atom stereocenters. The largest absolute Gasteiger partial charge is 0.399 e. The molecule has 2 aromatic rings. The normalized spacial score (nSPS) is 16.0. The maximum absolute atomic E-state index is 12.4. The number of hydrogen-bond acceptors (Lipinski definition) is 5. The number of amides is 1. The molecule has 0 atom stereocenters. The summed E-state index contributed by atoms with van der Waals surface area (Å²) in [5, 5.41) is 6.33. The molecule has 1 amide bonds. The van der Waals surface area contributed by atoms with Gasteiger partial charge in [0.25, 0.3) is 0 Å². The monoisotopic (exact) mass is 358 g/mol. The third-order valence-electron chi connectivity index (χ3n) is 4.70. The second-order valence-corrected chi connectivity index (χ2v) is 7.75. The van der Waals surface area contributed by atoms with E-state index in [0.29, 0.717) is 6.54 Å². The Hall–Kier alpha value is -1.92. The highest BCUT2D eigenvalue weighted by Crippen LogP contribution is 2.20. The molecule has 1 aromatic heterocycles. The van der Waals surface area contributed by atoms with Gasteiger partial charge in [-0.05, 0) is 57.0 Å². The minimum atomic E-state index is 0.139. The first-order valence-electron chi connectivity index (χ1n) is 8.85.